The van der Waals surface area contributed by atoms with Crippen molar-refractivity contribution in [1.29, 1.82) is 0 Å². The Labute approximate surface area is 88.3 Å². The molecule has 84 valence electrons. The lowest BCUT2D eigenvalue weighted by Crippen LogP contribution is -2.37. The van der Waals surface area contributed by atoms with Crippen molar-refractivity contribution in [2.75, 3.05) is 19.6 Å². The summed E-state index contributed by atoms with van der Waals surface area (Å²) in [4.78, 5) is 2.43. The molecule has 0 amide bonds. The number of aliphatic hydroxyl groups is 1. The van der Waals surface area contributed by atoms with Crippen LogP contribution in [0.2, 0.25) is 0 Å². The van der Waals surface area contributed by atoms with Gasteiger partial charge in [0, 0.05) is 6.54 Å². The molecule has 1 atom stereocenters. The minimum absolute atomic E-state index is 0.144. The zero-order valence-electron chi connectivity index (χ0n) is 9.71. The van der Waals surface area contributed by atoms with E-state index in [0.717, 1.165) is 6.54 Å². The molecule has 1 rings (SSSR count). The van der Waals surface area contributed by atoms with E-state index >= 15 is 0 Å². The molecular weight excluding hydrogens is 174 g/mol. The highest BCUT2D eigenvalue weighted by atomic mass is 16.3. The standard InChI is InChI=1S/C12H25NO/c1-11(2)12(14)10-13-8-6-4-3-5-7-9-13/h11-12,14H,3-10H2,1-2H3. The number of hydrogen-bond donors (Lipinski definition) is 1. The highest BCUT2D eigenvalue weighted by Gasteiger charge is 2.15. The molecule has 0 bridgehead atoms. The summed E-state index contributed by atoms with van der Waals surface area (Å²) in [5, 5.41) is 9.80. The Bertz CT molecular complexity index is 139. The van der Waals surface area contributed by atoms with Crippen molar-refractivity contribution in [1.82, 2.24) is 4.90 Å². The van der Waals surface area contributed by atoms with Gasteiger partial charge in [0.15, 0.2) is 0 Å². The van der Waals surface area contributed by atoms with E-state index in [0.29, 0.717) is 5.92 Å². The van der Waals surface area contributed by atoms with Crippen LogP contribution in [0.5, 0.6) is 0 Å². The normalized spacial score (nSPS) is 23.1. The zero-order valence-corrected chi connectivity index (χ0v) is 9.71. The van der Waals surface area contributed by atoms with Gasteiger partial charge in [-0.05, 0) is 31.8 Å². The second-order valence-corrected chi connectivity index (χ2v) is 4.88. The maximum Gasteiger partial charge on any atom is 0.0689 e. The summed E-state index contributed by atoms with van der Waals surface area (Å²) < 4.78 is 0. The van der Waals surface area contributed by atoms with Gasteiger partial charge in [0.25, 0.3) is 0 Å². The predicted molar refractivity (Wildman–Crippen MR) is 60.4 cm³/mol. The molecule has 0 aliphatic carbocycles. The van der Waals surface area contributed by atoms with Gasteiger partial charge in [-0.25, -0.2) is 0 Å². The fourth-order valence-corrected chi connectivity index (χ4v) is 1.97. The summed E-state index contributed by atoms with van der Waals surface area (Å²) in [6, 6.07) is 0. The molecule has 1 unspecified atom stereocenters. The van der Waals surface area contributed by atoms with Crippen LogP contribution in [0.15, 0.2) is 0 Å². The van der Waals surface area contributed by atoms with Crippen molar-refractivity contribution in [3.63, 3.8) is 0 Å². The predicted octanol–water partition coefficient (Wildman–Crippen LogP) is 2.27. The molecule has 2 nitrogen and oxygen atoms in total. The van der Waals surface area contributed by atoms with E-state index in [2.05, 4.69) is 18.7 Å². The van der Waals surface area contributed by atoms with Crippen LogP contribution >= 0.6 is 0 Å². The first kappa shape index (κ1) is 12.0. The van der Waals surface area contributed by atoms with E-state index in [1.807, 2.05) is 0 Å². The van der Waals surface area contributed by atoms with Crippen LogP contribution in [0.25, 0.3) is 0 Å². The Morgan fingerprint density at radius 3 is 2.00 bits per heavy atom. The Hall–Kier alpha value is -0.0800. The molecule has 1 fully saturated rings. The van der Waals surface area contributed by atoms with E-state index in [1.54, 1.807) is 0 Å². The Morgan fingerprint density at radius 1 is 1.00 bits per heavy atom. The molecule has 1 heterocycles. The fourth-order valence-electron chi connectivity index (χ4n) is 1.97. The summed E-state index contributed by atoms with van der Waals surface area (Å²) in [6.07, 6.45) is 6.62. The van der Waals surface area contributed by atoms with Crippen molar-refractivity contribution in [2.45, 2.75) is 52.1 Å². The topological polar surface area (TPSA) is 23.5 Å². The van der Waals surface area contributed by atoms with Crippen LogP contribution in [0.3, 0.4) is 0 Å². The van der Waals surface area contributed by atoms with Crippen LogP contribution in [-0.4, -0.2) is 35.7 Å². The molecule has 0 aromatic carbocycles. The van der Waals surface area contributed by atoms with E-state index in [-0.39, 0.29) is 6.10 Å². The number of hydrogen-bond acceptors (Lipinski definition) is 2. The molecule has 1 aliphatic heterocycles. The molecule has 1 N–H and O–H groups in total. The monoisotopic (exact) mass is 199 g/mol. The zero-order chi connectivity index (χ0) is 10.4. The molecule has 0 radical (unpaired) electrons. The summed E-state index contributed by atoms with van der Waals surface area (Å²) in [6.45, 7) is 7.43. The average molecular weight is 199 g/mol. The highest BCUT2D eigenvalue weighted by Crippen LogP contribution is 2.12. The van der Waals surface area contributed by atoms with Crippen LogP contribution in [-0.2, 0) is 0 Å². The molecule has 2 heteroatoms. The third-order valence-corrected chi connectivity index (χ3v) is 3.16. The van der Waals surface area contributed by atoms with E-state index in [4.69, 9.17) is 0 Å². The van der Waals surface area contributed by atoms with E-state index in [1.165, 1.54) is 45.2 Å². The van der Waals surface area contributed by atoms with Crippen molar-refractivity contribution < 1.29 is 5.11 Å². The van der Waals surface area contributed by atoms with E-state index < -0.39 is 0 Å². The summed E-state index contributed by atoms with van der Waals surface area (Å²) >= 11 is 0. The molecule has 0 aromatic rings. The van der Waals surface area contributed by atoms with Crippen molar-refractivity contribution in [3.8, 4) is 0 Å². The molecule has 1 aliphatic rings. The van der Waals surface area contributed by atoms with Gasteiger partial charge >= 0.3 is 0 Å². The third kappa shape index (κ3) is 4.43. The molecule has 14 heavy (non-hydrogen) atoms. The van der Waals surface area contributed by atoms with Gasteiger partial charge in [0.2, 0.25) is 0 Å². The lowest BCUT2D eigenvalue weighted by molar-refractivity contribution is 0.0729. The quantitative estimate of drug-likeness (QED) is 0.753. The van der Waals surface area contributed by atoms with Crippen molar-refractivity contribution in [2.24, 2.45) is 5.92 Å². The third-order valence-electron chi connectivity index (χ3n) is 3.16. The van der Waals surface area contributed by atoms with Crippen LogP contribution in [0.1, 0.15) is 46.0 Å². The Morgan fingerprint density at radius 2 is 1.50 bits per heavy atom. The summed E-state index contributed by atoms with van der Waals surface area (Å²) in [5.41, 5.74) is 0. The van der Waals surface area contributed by atoms with Gasteiger partial charge in [0.1, 0.15) is 0 Å². The Balaban J connectivity index is 2.26. The Kier molecular flexibility index (Phi) is 5.49. The second-order valence-electron chi connectivity index (χ2n) is 4.88. The largest absolute Gasteiger partial charge is 0.392 e. The van der Waals surface area contributed by atoms with Gasteiger partial charge in [-0.1, -0.05) is 33.1 Å². The van der Waals surface area contributed by atoms with Crippen molar-refractivity contribution in [3.05, 3.63) is 0 Å². The highest BCUT2D eigenvalue weighted by molar-refractivity contribution is 4.69. The first-order valence-electron chi connectivity index (χ1n) is 6.10. The molecule has 0 saturated carbocycles. The average Bonchev–Trinajstić information content (AvgIpc) is 2.08. The van der Waals surface area contributed by atoms with Crippen molar-refractivity contribution >= 4 is 0 Å². The number of rotatable bonds is 3. The first-order chi connectivity index (χ1) is 6.70. The van der Waals surface area contributed by atoms with Gasteiger partial charge < -0.3 is 10.0 Å². The van der Waals surface area contributed by atoms with Crippen LogP contribution in [0.4, 0.5) is 0 Å². The number of likely N-dealkylation sites (tertiary alicyclic amines) is 1. The minimum Gasteiger partial charge on any atom is -0.392 e. The maximum atomic E-state index is 9.80. The first-order valence-corrected chi connectivity index (χ1v) is 6.10. The smallest absolute Gasteiger partial charge is 0.0689 e. The second kappa shape index (κ2) is 6.41. The van der Waals surface area contributed by atoms with Gasteiger partial charge in [-0.3, -0.25) is 0 Å². The van der Waals surface area contributed by atoms with Gasteiger partial charge in [-0.2, -0.15) is 0 Å². The van der Waals surface area contributed by atoms with Crippen LogP contribution in [0, 0.1) is 5.92 Å². The summed E-state index contributed by atoms with van der Waals surface area (Å²) in [5.74, 6) is 0.389. The van der Waals surface area contributed by atoms with Gasteiger partial charge in [-0.15, -0.1) is 0 Å². The summed E-state index contributed by atoms with van der Waals surface area (Å²) in [7, 11) is 0. The molecule has 0 spiro atoms. The molecule has 0 aromatic heterocycles. The number of aliphatic hydroxyl groups excluding tert-OH is 1. The minimum atomic E-state index is -0.144. The fraction of sp³-hybridized carbons (Fsp3) is 1.00. The maximum absolute atomic E-state index is 9.80. The number of β-amino-alcohol motifs (C(OH)–C–C–N with tert-alkyl or cyclic N) is 1. The molecule has 1 saturated heterocycles. The lowest BCUT2D eigenvalue weighted by Gasteiger charge is -2.28. The number of nitrogens with zero attached hydrogens (tertiary/aromatic N) is 1. The lowest BCUT2D eigenvalue weighted by atomic mass is 10.0. The van der Waals surface area contributed by atoms with Crippen LogP contribution < -0.4 is 0 Å². The SMILES string of the molecule is CC(C)C(O)CN1CCCCCCC1. The van der Waals surface area contributed by atoms with E-state index in [9.17, 15) is 5.11 Å². The van der Waals surface area contributed by atoms with Gasteiger partial charge in [0.05, 0.1) is 6.10 Å². The molecular formula is C12H25NO.